The van der Waals surface area contributed by atoms with Gasteiger partial charge < -0.3 is 9.72 Å². The predicted molar refractivity (Wildman–Crippen MR) is 130 cm³/mol. The van der Waals surface area contributed by atoms with Crippen molar-refractivity contribution in [1.29, 1.82) is 0 Å². The number of imide groups is 1. The summed E-state index contributed by atoms with van der Waals surface area (Å²) in [6.07, 6.45) is 0.832. The number of hydrogen-bond acceptors (Lipinski definition) is 6. The summed E-state index contributed by atoms with van der Waals surface area (Å²) in [6, 6.07) is 13.5. The van der Waals surface area contributed by atoms with E-state index in [0.717, 1.165) is 27.6 Å². The first-order valence-corrected chi connectivity index (χ1v) is 13.3. The van der Waals surface area contributed by atoms with Crippen molar-refractivity contribution in [3.8, 4) is 5.75 Å². The number of carbonyl (C=O) groups is 2. The average Bonchev–Trinajstić information content (AvgIpc) is 3.59. The number of rotatable bonds is 3. The molecule has 2 aliphatic carbocycles. The van der Waals surface area contributed by atoms with Crippen LogP contribution in [0.1, 0.15) is 22.8 Å². The third-order valence-corrected chi connectivity index (χ3v) is 10.9. The van der Waals surface area contributed by atoms with Crippen molar-refractivity contribution in [3.63, 3.8) is 0 Å². The Morgan fingerprint density at radius 1 is 0.971 bits per heavy atom. The van der Waals surface area contributed by atoms with E-state index in [9.17, 15) is 18.8 Å². The number of H-pyrrole nitrogens is 1. The van der Waals surface area contributed by atoms with Gasteiger partial charge in [0, 0.05) is 16.0 Å². The van der Waals surface area contributed by atoms with Crippen LogP contribution in [-0.2, 0) is 9.59 Å². The zero-order valence-electron chi connectivity index (χ0n) is 18.6. The number of nitrogens with one attached hydrogen (secondary N) is 1. The number of fused-ring (bicyclic) bond motifs is 9. The lowest BCUT2D eigenvalue weighted by molar-refractivity contribution is -0.123. The molecule has 3 fully saturated rings. The minimum Gasteiger partial charge on any atom is -0.497 e. The van der Waals surface area contributed by atoms with E-state index in [4.69, 9.17) is 4.74 Å². The standard InChI is InChI=1S/C26H21FN2O4S2/c1-33-14-8-2-11(3-9-14)17-18-15-10-16(21(18)34-23-22(17)35-26(32)28-23)20-19(15)24(30)29(25(20)31)13-6-4-12(27)5-7-13/h2-9,15-21H,10H2,1H3,(H,28,32)/t15-,16+,17+,18+,19+,20+,21-/m1/s1. The van der Waals surface area contributed by atoms with E-state index in [1.54, 1.807) is 18.9 Å². The highest BCUT2D eigenvalue weighted by Gasteiger charge is 2.69. The van der Waals surface area contributed by atoms with Crippen LogP contribution in [0.4, 0.5) is 10.1 Å². The molecule has 4 aliphatic rings. The number of hydrogen-bond donors (Lipinski definition) is 1. The second kappa shape index (κ2) is 7.54. The third-order valence-electron chi connectivity index (χ3n) is 8.28. The first-order chi connectivity index (χ1) is 17.0. The molecule has 1 aromatic heterocycles. The SMILES string of the molecule is COc1ccc([C@@H]2c3sc(=O)[nH]c3S[C@@H]3[C@H]4C[C@@H]([C@@H]5C(=O)N(c6ccc(F)cc6)C(=O)[C@@H]45)[C@@H]23)cc1. The zero-order valence-corrected chi connectivity index (χ0v) is 20.3. The van der Waals surface area contributed by atoms with Crippen LogP contribution in [0, 0.1) is 35.4 Å². The lowest BCUT2D eigenvalue weighted by Crippen LogP contribution is -2.42. The van der Waals surface area contributed by atoms with Crippen LogP contribution in [0.25, 0.3) is 0 Å². The number of ether oxygens (including phenoxy) is 1. The van der Waals surface area contributed by atoms with Crippen LogP contribution in [0.5, 0.6) is 5.75 Å². The molecule has 6 nitrogen and oxygen atoms in total. The number of nitrogens with zero attached hydrogens (tertiary/aromatic N) is 1. The second-order valence-electron chi connectivity index (χ2n) is 9.72. The summed E-state index contributed by atoms with van der Waals surface area (Å²) in [5, 5.41) is 1.02. The number of halogens is 1. The minimum atomic E-state index is -0.405. The smallest absolute Gasteiger partial charge is 0.305 e. The Labute approximate surface area is 208 Å². The zero-order chi connectivity index (χ0) is 24.0. The fraction of sp³-hybridized carbons (Fsp3) is 0.346. The van der Waals surface area contributed by atoms with Crippen LogP contribution >= 0.6 is 23.1 Å². The van der Waals surface area contributed by atoms with Gasteiger partial charge in [0.05, 0.1) is 29.7 Å². The van der Waals surface area contributed by atoms with Crippen LogP contribution in [0.15, 0.2) is 58.4 Å². The molecule has 7 rings (SSSR count). The maximum atomic E-state index is 13.7. The molecule has 9 heteroatoms. The summed E-state index contributed by atoms with van der Waals surface area (Å²) in [7, 11) is 1.63. The van der Waals surface area contributed by atoms with Gasteiger partial charge in [0.1, 0.15) is 11.6 Å². The van der Waals surface area contributed by atoms with Gasteiger partial charge in [0.15, 0.2) is 0 Å². The highest BCUT2D eigenvalue weighted by Crippen LogP contribution is 2.68. The number of methoxy groups -OCH3 is 1. The Morgan fingerprint density at radius 2 is 1.66 bits per heavy atom. The monoisotopic (exact) mass is 508 g/mol. The maximum Gasteiger partial charge on any atom is 0.305 e. The normalized spacial score (nSPS) is 32.5. The van der Waals surface area contributed by atoms with Crippen molar-refractivity contribution in [1.82, 2.24) is 4.98 Å². The van der Waals surface area contributed by atoms with E-state index in [1.807, 2.05) is 24.3 Å². The highest BCUT2D eigenvalue weighted by molar-refractivity contribution is 8.00. The fourth-order valence-corrected chi connectivity index (χ4v) is 9.93. The molecule has 2 bridgehead atoms. The topological polar surface area (TPSA) is 79.5 Å². The molecule has 7 atom stereocenters. The molecule has 3 aromatic rings. The molecule has 0 spiro atoms. The average molecular weight is 509 g/mol. The number of carbonyl (C=O) groups excluding carboxylic acids is 2. The molecule has 1 saturated heterocycles. The summed E-state index contributed by atoms with van der Waals surface area (Å²) in [4.78, 5) is 44.8. The first-order valence-electron chi connectivity index (χ1n) is 11.6. The summed E-state index contributed by atoms with van der Waals surface area (Å²) in [5.41, 5.74) is 1.52. The third kappa shape index (κ3) is 2.91. The van der Waals surface area contributed by atoms with Gasteiger partial charge in [-0.1, -0.05) is 23.5 Å². The summed E-state index contributed by atoms with van der Waals surface area (Å²) >= 11 is 2.91. The van der Waals surface area contributed by atoms with Gasteiger partial charge in [-0.3, -0.25) is 19.3 Å². The van der Waals surface area contributed by atoms with Gasteiger partial charge in [-0.25, -0.2) is 4.39 Å². The largest absolute Gasteiger partial charge is 0.497 e. The van der Waals surface area contributed by atoms with Gasteiger partial charge in [0.2, 0.25) is 11.8 Å². The summed E-state index contributed by atoms with van der Waals surface area (Å²) in [5.74, 6) is -0.523. The number of benzene rings is 2. The van der Waals surface area contributed by atoms with Crippen molar-refractivity contribution in [3.05, 3.63) is 74.5 Å². The van der Waals surface area contributed by atoms with E-state index in [-0.39, 0.29) is 57.4 Å². The Hall–Kier alpha value is -2.91. The van der Waals surface area contributed by atoms with Crippen molar-refractivity contribution in [2.45, 2.75) is 22.6 Å². The molecule has 2 aliphatic heterocycles. The quantitative estimate of drug-likeness (QED) is 0.535. The van der Waals surface area contributed by atoms with Crippen molar-refractivity contribution in [2.75, 3.05) is 12.0 Å². The van der Waals surface area contributed by atoms with E-state index in [2.05, 4.69) is 4.98 Å². The predicted octanol–water partition coefficient (Wildman–Crippen LogP) is 4.26. The number of thiazole rings is 1. The van der Waals surface area contributed by atoms with E-state index >= 15 is 0 Å². The second-order valence-corrected chi connectivity index (χ2v) is 11.9. The van der Waals surface area contributed by atoms with E-state index in [0.29, 0.717) is 5.69 Å². The van der Waals surface area contributed by atoms with Gasteiger partial charge in [-0.2, -0.15) is 0 Å². The molecule has 2 saturated carbocycles. The molecule has 178 valence electrons. The lowest BCUT2D eigenvalue weighted by atomic mass is 9.68. The van der Waals surface area contributed by atoms with Crippen molar-refractivity contribution in [2.24, 2.45) is 29.6 Å². The number of thioether (sulfide) groups is 1. The molecular weight excluding hydrogens is 487 g/mol. The Bertz CT molecular complexity index is 1420. The molecule has 0 radical (unpaired) electrons. The summed E-state index contributed by atoms with van der Waals surface area (Å²) in [6.45, 7) is 0. The van der Waals surface area contributed by atoms with Gasteiger partial charge in [0.25, 0.3) is 0 Å². The molecule has 3 heterocycles. The van der Waals surface area contributed by atoms with Crippen LogP contribution in [-0.4, -0.2) is 29.2 Å². The number of amides is 2. The highest BCUT2D eigenvalue weighted by atomic mass is 32.2. The van der Waals surface area contributed by atoms with Crippen molar-refractivity contribution >= 4 is 40.6 Å². The fourth-order valence-electron chi connectivity index (χ4n) is 7.05. The molecule has 1 N–H and O–H groups in total. The van der Waals surface area contributed by atoms with Crippen LogP contribution in [0.3, 0.4) is 0 Å². The minimum absolute atomic E-state index is 0.0233. The van der Waals surface area contributed by atoms with Gasteiger partial charge in [-0.05, 0) is 66.1 Å². The first kappa shape index (κ1) is 21.4. The van der Waals surface area contributed by atoms with Gasteiger partial charge in [-0.15, -0.1) is 11.8 Å². The van der Waals surface area contributed by atoms with E-state index < -0.39 is 5.82 Å². The number of aromatic nitrogens is 1. The Kier molecular flexibility index (Phi) is 4.61. The maximum absolute atomic E-state index is 13.7. The Morgan fingerprint density at radius 3 is 2.34 bits per heavy atom. The molecule has 2 amide bonds. The molecular formula is C26H21FN2O4S2. The molecule has 35 heavy (non-hydrogen) atoms. The van der Waals surface area contributed by atoms with Crippen molar-refractivity contribution < 1.29 is 18.7 Å². The van der Waals surface area contributed by atoms with Gasteiger partial charge >= 0.3 is 4.87 Å². The molecule has 0 unspecified atom stereocenters. The lowest BCUT2D eigenvalue weighted by Gasteiger charge is -2.43. The molecule has 2 aromatic carbocycles. The van der Waals surface area contributed by atoms with E-state index in [1.165, 1.54) is 40.5 Å². The number of aromatic amines is 1. The number of anilines is 1. The Balaban J connectivity index is 1.31. The van der Waals surface area contributed by atoms with Crippen LogP contribution < -0.4 is 14.5 Å². The van der Waals surface area contributed by atoms with Crippen LogP contribution in [0.2, 0.25) is 0 Å². The summed E-state index contributed by atoms with van der Waals surface area (Å²) < 4.78 is 18.8.